The predicted molar refractivity (Wildman–Crippen MR) is 91.9 cm³/mol. The Kier molecular flexibility index (Phi) is 9.20. The van der Waals surface area contributed by atoms with Crippen molar-refractivity contribution in [3.8, 4) is 0 Å². The third-order valence-corrected chi connectivity index (χ3v) is 3.94. The molecule has 0 saturated carbocycles. The van der Waals surface area contributed by atoms with Gasteiger partial charge in [-0.15, -0.1) is 0 Å². The zero-order valence-corrected chi connectivity index (χ0v) is 13.9. The van der Waals surface area contributed by atoms with Crippen molar-refractivity contribution in [3.05, 3.63) is 30.3 Å². The summed E-state index contributed by atoms with van der Waals surface area (Å²) in [6.45, 7) is 3.72. The van der Waals surface area contributed by atoms with E-state index in [2.05, 4.69) is 12.2 Å². The molecule has 3 heteroatoms. The molecule has 0 aliphatic heterocycles. The number of hydrogen-bond acceptors (Lipinski definition) is 2. The lowest BCUT2D eigenvalue weighted by Gasteiger charge is -2.14. The number of para-hydroxylation sites is 1. The summed E-state index contributed by atoms with van der Waals surface area (Å²) in [5.74, 6) is -0.736. The summed E-state index contributed by atoms with van der Waals surface area (Å²) < 4.78 is 0. The summed E-state index contributed by atoms with van der Waals surface area (Å²) in [4.78, 5) is 23.9. The van der Waals surface area contributed by atoms with Gasteiger partial charge in [-0.3, -0.25) is 9.59 Å². The molecule has 1 amide bonds. The molecule has 0 aliphatic rings. The van der Waals surface area contributed by atoms with Gasteiger partial charge in [0.05, 0.1) is 5.92 Å². The molecule has 0 fully saturated rings. The van der Waals surface area contributed by atoms with Crippen LogP contribution in [0, 0.1) is 5.92 Å². The van der Waals surface area contributed by atoms with Gasteiger partial charge in [0.25, 0.3) is 0 Å². The first-order valence-electron chi connectivity index (χ1n) is 8.51. The van der Waals surface area contributed by atoms with E-state index in [4.69, 9.17) is 0 Å². The zero-order chi connectivity index (χ0) is 16.2. The van der Waals surface area contributed by atoms with Gasteiger partial charge in [0.1, 0.15) is 5.78 Å². The molecule has 122 valence electrons. The van der Waals surface area contributed by atoms with Crippen molar-refractivity contribution in [2.45, 2.75) is 65.2 Å². The molecule has 0 aliphatic carbocycles. The van der Waals surface area contributed by atoms with Gasteiger partial charge in [0, 0.05) is 5.69 Å². The Hall–Kier alpha value is -1.64. The highest BCUT2D eigenvalue weighted by molar-refractivity contribution is 6.06. The van der Waals surface area contributed by atoms with E-state index in [0.717, 1.165) is 18.5 Å². The van der Waals surface area contributed by atoms with Crippen molar-refractivity contribution >= 4 is 17.4 Å². The highest BCUT2D eigenvalue weighted by Gasteiger charge is 2.22. The van der Waals surface area contributed by atoms with E-state index in [0.29, 0.717) is 6.42 Å². The minimum atomic E-state index is -0.518. The first-order valence-corrected chi connectivity index (χ1v) is 8.51. The maximum Gasteiger partial charge on any atom is 0.234 e. The van der Waals surface area contributed by atoms with Crippen LogP contribution in [-0.2, 0) is 9.59 Å². The van der Waals surface area contributed by atoms with Gasteiger partial charge in [0.15, 0.2) is 0 Å². The van der Waals surface area contributed by atoms with E-state index < -0.39 is 5.92 Å². The molecule has 0 unspecified atom stereocenters. The molecule has 1 aromatic carbocycles. The molecular formula is C19H29NO2. The Balaban J connectivity index is 2.32. The van der Waals surface area contributed by atoms with E-state index >= 15 is 0 Å². The molecule has 1 atom stereocenters. The van der Waals surface area contributed by atoms with E-state index in [1.807, 2.05) is 30.3 Å². The fourth-order valence-corrected chi connectivity index (χ4v) is 2.58. The number of carbonyl (C=O) groups is 2. The van der Waals surface area contributed by atoms with Crippen molar-refractivity contribution in [3.63, 3.8) is 0 Å². The summed E-state index contributed by atoms with van der Waals surface area (Å²) in [7, 11) is 0. The SMILES string of the molecule is CCCCCCCCC[C@@H](C(C)=O)C(=O)Nc1ccccc1. The van der Waals surface area contributed by atoms with E-state index in [1.165, 1.54) is 39.0 Å². The van der Waals surface area contributed by atoms with Crippen molar-refractivity contribution in [2.75, 3.05) is 5.32 Å². The Morgan fingerprint density at radius 1 is 0.955 bits per heavy atom. The number of anilines is 1. The molecule has 1 aromatic rings. The molecule has 0 heterocycles. The maximum atomic E-state index is 12.2. The molecule has 22 heavy (non-hydrogen) atoms. The summed E-state index contributed by atoms with van der Waals surface area (Å²) in [5, 5.41) is 2.83. The molecule has 1 N–H and O–H groups in total. The number of hydrogen-bond donors (Lipinski definition) is 1. The molecule has 0 bridgehead atoms. The summed E-state index contributed by atoms with van der Waals surface area (Å²) in [6.07, 6.45) is 9.01. The van der Waals surface area contributed by atoms with Crippen LogP contribution in [0.25, 0.3) is 0 Å². The summed E-state index contributed by atoms with van der Waals surface area (Å²) in [5.41, 5.74) is 0.748. The normalized spacial score (nSPS) is 11.9. The van der Waals surface area contributed by atoms with Gasteiger partial charge >= 0.3 is 0 Å². The van der Waals surface area contributed by atoms with Gasteiger partial charge in [-0.1, -0.05) is 70.1 Å². The Bertz CT molecular complexity index is 442. The highest BCUT2D eigenvalue weighted by Crippen LogP contribution is 2.16. The molecule has 0 aromatic heterocycles. The molecule has 0 spiro atoms. The second-order valence-electron chi connectivity index (χ2n) is 5.93. The van der Waals surface area contributed by atoms with Gasteiger partial charge in [-0.2, -0.15) is 0 Å². The lowest BCUT2D eigenvalue weighted by molar-refractivity contribution is -0.130. The lowest BCUT2D eigenvalue weighted by Crippen LogP contribution is -2.28. The Morgan fingerprint density at radius 3 is 2.14 bits per heavy atom. The number of Topliss-reactive ketones (excluding diaryl/α,β-unsaturated/α-hetero) is 1. The number of ketones is 1. The van der Waals surface area contributed by atoms with Crippen LogP contribution in [0.2, 0.25) is 0 Å². The van der Waals surface area contributed by atoms with Crippen LogP contribution in [0.3, 0.4) is 0 Å². The fourth-order valence-electron chi connectivity index (χ4n) is 2.58. The number of carbonyl (C=O) groups excluding carboxylic acids is 2. The van der Waals surface area contributed by atoms with Crippen LogP contribution in [0.4, 0.5) is 5.69 Å². The van der Waals surface area contributed by atoms with E-state index in [-0.39, 0.29) is 11.7 Å². The third-order valence-electron chi connectivity index (χ3n) is 3.94. The standard InChI is InChI=1S/C19H29NO2/c1-3-4-5-6-7-8-12-15-18(16(2)21)19(22)20-17-13-10-9-11-14-17/h9-11,13-14,18H,3-8,12,15H2,1-2H3,(H,20,22)/t18-/m0/s1. The van der Waals surface area contributed by atoms with Crippen LogP contribution in [-0.4, -0.2) is 11.7 Å². The lowest BCUT2D eigenvalue weighted by atomic mass is 9.96. The van der Waals surface area contributed by atoms with Gasteiger partial charge in [-0.05, 0) is 25.5 Å². The number of unbranched alkanes of at least 4 members (excludes halogenated alkanes) is 6. The summed E-state index contributed by atoms with van der Waals surface area (Å²) in [6, 6.07) is 9.31. The van der Waals surface area contributed by atoms with Gasteiger partial charge < -0.3 is 5.32 Å². The van der Waals surface area contributed by atoms with Crippen molar-refractivity contribution in [2.24, 2.45) is 5.92 Å². The van der Waals surface area contributed by atoms with E-state index in [1.54, 1.807) is 0 Å². The first kappa shape index (κ1) is 18.4. The van der Waals surface area contributed by atoms with Gasteiger partial charge in [0.2, 0.25) is 5.91 Å². The topological polar surface area (TPSA) is 46.2 Å². The smallest absolute Gasteiger partial charge is 0.234 e. The number of benzene rings is 1. The Labute approximate surface area is 134 Å². The molecular weight excluding hydrogens is 274 g/mol. The van der Waals surface area contributed by atoms with Gasteiger partial charge in [-0.25, -0.2) is 0 Å². The Morgan fingerprint density at radius 2 is 1.55 bits per heavy atom. The maximum absolute atomic E-state index is 12.2. The average molecular weight is 303 g/mol. The van der Waals surface area contributed by atoms with Crippen LogP contribution in [0.15, 0.2) is 30.3 Å². The number of nitrogens with one attached hydrogen (secondary N) is 1. The van der Waals surface area contributed by atoms with Crippen molar-refractivity contribution < 1.29 is 9.59 Å². The van der Waals surface area contributed by atoms with E-state index in [9.17, 15) is 9.59 Å². The largest absolute Gasteiger partial charge is 0.325 e. The second-order valence-corrected chi connectivity index (χ2v) is 5.93. The fraction of sp³-hybridized carbons (Fsp3) is 0.579. The molecule has 1 rings (SSSR count). The molecule has 3 nitrogen and oxygen atoms in total. The minimum absolute atomic E-state index is 0.0422. The zero-order valence-electron chi connectivity index (χ0n) is 13.9. The minimum Gasteiger partial charge on any atom is -0.325 e. The van der Waals surface area contributed by atoms with Crippen molar-refractivity contribution in [1.29, 1.82) is 0 Å². The quantitative estimate of drug-likeness (QED) is 0.463. The van der Waals surface area contributed by atoms with Crippen LogP contribution < -0.4 is 5.32 Å². The third kappa shape index (κ3) is 7.39. The van der Waals surface area contributed by atoms with Crippen LogP contribution >= 0.6 is 0 Å². The predicted octanol–water partition coefficient (Wildman–Crippen LogP) is 4.97. The number of amides is 1. The average Bonchev–Trinajstić information content (AvgIpc) is 2.50. The van der Waals surface area contributed by atoms with Crippen molar-refractivity contribution in [1.82, 2.24) is 0 Å². The first-order chi connectivity index (χ1) is 10.6. The molecule has 0 radical (unpaired) electrons. The van der Waals surface area contributed by atoms with Crippen LogP contribution in [0.1, 0.15) is 65.2 Å². The highest BCUT2D eigenvalue weighted by atomic mass is 16.2. The monoisotopic (exact) mass is 303 g/mol. The summed E-state index contributed by atoms with van der Waals surface area (Å²) >= 11 is 0. The number of rotatable bonds is 11. The van der Waals surface area contributed by atoms with Crippen LogP contribution in [0.5, 0.6) is 0 Å². The second kappa shape index (κ2) is 11.0. The molecule has 0 saturated heterocycles.